The van der Waals surface area contributed by atoms with E-state index in [2.05, 4.69) is 27.0 Å². The Morgan fingerprint density at radius 2 is 1.68 bits per heavy atom. The minimum atomic E-state index is -1.20. The lowest BCUT2D eigenvalue weighted by Crippen LogP contribution is -2.60. The van der Waals surface area contributed by atoms with Gasteiger partial charge < -0.3 is 30.9 Å². The Hall–Kier alpha value is -4.07. The van der Waals surface area contributed by atoms with Crippen LogP contribution in [0.1, 0.15) is 78.0 Å². The molecule has 1 saturated heterocycles. The first kappa shape index (κ1) is 31.5. The molecule has 0 spiro atoms. The van der Waals surface area contributed by atoms with Crippen LogP contribution in [-0.2, 0) is 20.8 Å². The topological polar surface area (TPSA) is 167 Å². The molecule has 0 radical (unpaired) electrons. The van der Waals surface area contributed by atoms with E-state index in [4.69, 9.17) is 0 Å². The van der Waals surface area contributed by atoms with E-state index in [9.17, 15) is 29.5 Å². The molecule has 0 bridgehead atoms. The number of nitrogens with zero attached hydrogens (tertiary/aromatic N) is 2. The van der Waals surface area contributed by atoms with E-state index < -0.39 is 35.9 Å². The summed E-state index contributed by atoms with van der Waals surface area (Å²) in [5, 5.41) is 28.3. The van der Waals surface area contributed by atoms with Gasteiger partial charge in [-0.25, -0.2) is 9.59 Å². The Bertz CT molecular complexity index is 1290. The number of rotatable bonds is 11. The molecular formula is C30H42N6O5. The number of aromatic amines is 1. The molecule has 2 aromatic rings. The molecular weight excluding hydrogens is 524 g/mol. The molecule has 1 aromatic heterocycles. The number of urea groups is 1. The number of fused-ring (bicyclic) bond motifs is 1. The minimum absolute atomic E-state index is 0.0333. The van der Waals surface area contributed by atoms with Gasteiger partial charge in [0.1, 0.15) is 29.9 Å². The minimum Gasteiger partial charge on any atom is -0.480 e. The predicted molar refractivity (Wildman–Crippen MR) is 155 cm³/mol. The van der Waals surface area contributed by atoms with Crippen molar-refractivity contribution in [2.45, 2.75) is 103 Å². The summed E-state index contributed by atoms with van der Waals surface area (Å²) in [5.74, 6) is -2.72. The van der Waals surface area contributed by atoms with Crippen molar-refractivity contribution in [1.29, 1.82) is 5.26 Å². The molecule has 5 atom stereocenters. The van der Waals surface area contributed by atoms with Gasteiger partial charge in [0.2, 0.25) is 11.8 Å². The zero-order chi connectivity index (χ0) is 30.3. The molecule has 1 aliphatic rings. The van der Waals surface area contributed by atoms with Gasteiger partial charge in [0.05, 0.1) is 0 Å². The van der Waals surface area contributed by atoms with E-state index in [1.54, 1.807) is 18.7 Å². The lowest BCUT2D eigenvalue weighted by atomic mass is 9.97. The van der Waals surface area contributed by atoms with Crippen LogP contribution in [0.15, 0.2) is 24.3 Å². The highest BCUT2D eigenvalue weighted by Crippen LogP contribution is 2.25. The van der Waals surface area contributed by atoms with Gasteiger partial charge in [-0.1, -0.05) is 45.4 Å². The third-order valence-corrected chi connectivity index (χ3v) is 7.81. The van der Waals surface area contributed by atoms with Crippen LogP contribution in [0.4, 0.5) is 4.79 Å². The standard InChI is InChI=1S/C30H42N6O5/c1-6-10-23(29(39)40)33-27(37)24(15-21-20-13-7-8-14-22(20)32-25(21)16-31)34-28(38)26(17(2)3)35-30(41)36-18(4)11-9-12-19(36)5/h7-8,13-14,17-19,23-24,26,32H,6,9-12,15H2,1-5H3,(H,33,37)(H,34,38)(H,35,41)(H,39,40)/t18-,19+,23-,24-,26+/m1/s1. The number of aromatic nitrogens is 1. The Morgan fingerprint density at radius 1 is 1.05 bits per heavy atom. The number of H-pyrrole nitrogens is 1. The fourth-order valence-electron chi connectivity index (χ4n) is 5.56. The van der Waals surface area contributed by atoms with Gasteiger partial charge in [-0.2, -0.15) is 5.26 Å². The summed E-state index contributed by atoms with van der Waals surface area (Å²) in [6.45, 7) is 9.40. The van der Waals surface area contributed by atoms with Crippen LogP contribution in [0.2, 0.25) is 0 Å². The van der Waals surface area contributed by atoms with Crippen molar-refractivity contribution in [2.24, 2.45) is 5.92 Å². The Kier molecular flexibility index (Phi) is 10.8. The zero-order valence-corrected chi connectivity index (χ0v) is 24.5. The molecule has 0 unspecified atom stereocenters. The monoisotopic (exact) mass is 566 g/mol. The maximum Gasteiger partial charge on any atom is 0.326 e. The van der Waals surface area contributed by atoms with Crippen molar-refractivity contribution in [3.63, 3.8) is 0 Å². The Labute approximate surface area is 241 Å². The fourth-order valence-corrected chi connectivity index (χ4v) is 5.56. The zero-order valence-electron chi connectivity index (χ0n) is 24.5. The summed E-state index contributed by atoms with van der Waals surface area (Å²) in [6.07, 6.45) is 3.49. The molecule has 4 amide bonds. The largest absolute Gasteiger partial charge is 0.480 e. The number of carboxylic acid groups (broad SMARTS) is 1. The van der Waals surface area contributed by atoms with Crippen LogP contribution in [0.3, 0.4) is 0 Å². The van der Waals surface area contributed by atoms with E-state index in [0.717, 1.165) is 24.6 Å². The van der Waals surface area contributed by atoms with Crippen molar-refractivity contribution >= 4 is 34.7 Å². The van der Waals surface area contributed by atoms with Crippen LogP contribution >= 0.6 is 0 Å². The number of carboxylic acids is 1. The number of nitrogens with one attached hydrogen (secondary N) is 4. The second kappa shape index (κ2) is 14.0. The van der Waals surface area contributed by atoms with Gasteiger partial charge in [0.25, 0.3) is 0 Å². The quantitative estimate of drug-likeness (QED) is 0.279. The van der Waals surface area contributed by atoms with E-state index in [-0.39, 0.29) is 42.6 Å². The lowest BCUT2D eigenvalue weighted by molar-refractivity contribution is -0.142. The van der Waals surface area contributed by atoms with Gasteiger partial charge in [0.15, 0.2) is 0 Å². The van der Waals surface area contributed by atoms with Crippen LogP contribution < -0.4 is 16.0 Å². The smallest absolute Gasteiger partial charge is 0.326 e. The number of piperidine rings is 1. The highest BCUT2D eigenvalue weighted by molar-refractivity contribution is 5.94. The number of likely N-dealkylation sites (tertiary alicyclic amines) is 1. The molecule has 11 heteroatoms. The van der Waals surface area contributed by atoms with Gasteiger partial charge in [0, 0.05) is 29.4 Å². The third kappa shape index (κ3) is 7.57. The first-order valence-electron chi connectivity index (χ1n) is 14.4. The van der Waals surface area contributed by atoms with Crippen molar-refractivity contribution < 1.29 is 24.3 Å². The average Bonchev–Trinajstić information content (AvgIpc) is 3.28. The number of carbonyl (C=O) groups excluding carboxylic acids is 3. The van der Waals surface area contributed by atoms with Crippen molar-refractivity contribution in [2.75, 3.05) is 0 Å². The molecule has 0 saturated carbocycles. The van der Waals surface area contributed by atoms with Gasteiger partial charge >= 0.3 is 12.0 Å². The normalized spacial score (nSPS) is 19.2. The molecule has 222 valence electrons. The summed E-state index contributed by atoms with van der Waals surface area (Å²) in [5.41, 5.74) is 1.49. The molecule has 11 nitrogen and oxygen atoms in total. The van der Waals surface area contributed by atoms with Crippen LogP contribution in [-0.4, -0.2) is 69.0 Å². The summed E-state index contributed by atoms with van der Waals surface area (Å²) in [4.78, 5) is 57.0. The number of para-hydroxylation sites is 1. The van der Waals surface area contributed by atoms with E-state index in [1.165, 1.54) is 0 Å². The first-order valence-corrected chi connectivity index (χ1v) is 14.4. The maximum absolute atomic E-state index is 13.7. The highest BCUT2D eigenvalue weighted by atomic mass is 16.4. The van der Waals surface area contributed by atoms with Crippen molar-refractivity contribution in [1.82, 2.24) is 25.8 Å². The van der Waals surface area contributed by atoms with Gasteiger partial charge in [-0.05, 0) is 57.1 Å². The average molecular weight is 567 g/mol. The number of amides is 4. The number of carbonyl (C=O) groups is 4. The number of benzene rings is 1. The number of aliphatic carboxylic acids is 1. The second-order valence-electron chi connectivity index (χ2n) is 11.3. The second-order valence-corrected chi connectivity index (χ2v) is 11.3. The molecule has 2 heterocycles. The maximum atomic E-state index is 13.7. The van der Waals surface area contributed by atoms with E-state index >= 15 is 0 Å². The summed E-state index contributed by atoms with van der Waals surface area (Å²) >= 11 is 0. The summed E-state index contributed by atoms with van der Waals surface area (Å²) in [7, 11) is 0. The first-order chi connectivity index (χ1) is 19.5. The van der Waals surface area contributed by atoms with Gasteiger partial charge in [-0.3, -0.25) is 9.59 Å². The molecule has 0 aliphatic carbocycles. The van der Waals surface area contributed by atoms with Crippen LogP contribution in [0.5, 0.6) is 0 Å². The molecule has 1 aromatic carbocycles. The molecule has 41 heavy (non-hydrogen) atoms. The number of hydrogen-bond acceptors (Lipinski definition) is 5. The third-order valence-electron chi connectivity index (χ3n) is 7.81. The summed E-state index contributed by atoms with van der Waals surface area (Å²) in [6, 6.07) is 5.83. The molecule has 5 N–H and O–H groups in total. The highest BCUT2D eigenvalue weighted by Gasteiger charge is 2.35. The van der Waals surface area contributed by atoms with Crippen LogP contribution in [0.25, 0.3) is 10.9 Å². The molecule has 3 rings (SSSR count). The number of hydrogen-bond donors (Lipinski definition) is 5. The predicted octanol–water partition coefficient (Wildman–Crippen LogP) is 3.43. The molecule has 1 fully saturated rings. The van der Waals surface area contributed by atoms with E-state index in [0.29, 0.717) is 17.5 Å². The Balaban J connectivity index is 1.90. The fraction of sp³-hybridized carbons (Fsp3) is 0.567. The molecule has 1 aliphatic heterocycles. The SMILES string of the molecule is CCC[C@@H](NC(=O)[C@@H](Cc1c(C#N)[nH]c2ccccc12)NC(=O)[C@@H](NC(=O)N1[C@H](C)CCC[C@@H]1C)C(C)C)C(=O)O. The van der Waals surface area contributed by atoms with Crippen molar-refractivity contribution in [3.8, 4) is 6.07 Å². The number of nitriles is 1. The van der Waals surface area contributed by atoms with Crippen LogP contribution in [0, 0.1) is 17.2 Å². The van der Waals surface area contributed by atoms with E-state index in [1.807, 2.05) is 45.0 Å². The van der Waals surface area contributed by atoms with Crippen molar-refractivity contribution in [3.05, 3.63) is 35.5 Å². The Morgan fingerprint density at radius 3 is 2.27 bits per heavy atom. The summed E-state index contributed by atoms with van der Waals surface area (Å²) < 4.78 is 0. The van der Waals surface area contributed by atoms with Gasteiger partial charge in [-0.15, -0.1) is 0 Å². The lowest BCUT2D eigenvalue weighted by Gasteiger charge is -2.40.